The maximum absolute atomic E-state index is 12.6. The Kier molecular flexibility index (Phi) is 5.26. The van der Waals surface area contributed by atoms with Gasteiger partial charge in [-0.2, -0.15) is 0 Å². The van der Waals surface area contributed by atoms with Gasteiger partial charge in [0.15, 0.2) is 0 Å². The van der Waals surface area contributed by atoms with E-state index < -0.39 is 0 Å². The number of esters is 1. The number of hydrogen-bond donors (Lipinski definition) is 1. The lowest BCUT2D eigenvalue weighted by Crippen LogP contribution is -2.17. The fraction of sp³-hybridized carbons (Fsp3) is 0.250. The van der Waals surface area contributed by atoms with Gasteiger partial charge in [-0.05, 0) is 30.5 Å². The number of phenolic OH excluding ortho intramolecular Hbond substituents is 1. The lowest BCUT2D eigenvalue weighted by Gasteiger charge is -2.15. The molecule has 1 N–H and O–H groups in total. The number of para-hydroxylation sites is 1. The molecule has 4 heteroatoms. The van der Waals surface area contributed by atoms with E-state index >= 15 is 0 Å². The van der Waals surface area contributed by atoms with E-state index in [1.165, 1.54) is 0 Å². The van der Waals surface area contributed by atoms with Crippen molar-refractivity contribution in [1.29, 1.82) is 0 Å². The lowest BCUT2D eigenvalue weighted by atomic mass is 9.91. The molecule has 0 saturated heterocycles. The van der Waals surface area contributed by atoms with E-state index in [0.29, 0.717) is 13.0 Å². The average Bonchev–Trinajstić information content (AvgIpc) is 3.02. The Labute approximate surface area is 146 Å². The van der Waals surface area contributed by atoms with Crippen LogP contribution in [0.15, 0.2) is 60.2 Å². The second-order valence-corrected chi connectivity index (χ2v) is 6.70. The van der Waals surface area contributed by atoms with Crippen molar-refractivity contribution >= 4 is 22.6 Å². The summed E-state index contributed by atoms with van der Waals surface area (Å²) in [5.74, 6) is 0.880. The third-order valence-electron chi connectivity index (χ3n) is 4.07. The van der Waals surface area contributed by atoms with Crippen molar-refractivity contribution < 1.29 is 14.6 Å². The molecule has 0 aliphatic carbocycles. The topological polar surface area (TPSA) is 46.5 Å². The van der Waals surface area contributed by atoms with Crippen molar-refractivity contribution in [3.8, 4) is 5.75 Å². The SMILES string of the molecule is CCOC(=O)C1=C(c2ccccc2)SCC1Cc1ccccc1O. The first-order valence-corrected chi connectivity index (χ1v) is 9.05. The second-order valence-electron chi connectivity index (χ2n) is 5.67. The molecular weight excluding hydrogens is 320 g/mol. The van der Waals surface area contributed by atoms with Gasteiger partial charge in [0.05, 0.1) is 12.2 Å². The van der Waals surface area contributed by atoms with Crippen LogP contribution < -0.4 is 0 Å². The molecule has 2 aromatic rings. The Morgan fingerprint density at radius 1 is 1.17 bits per heavy atom. The quantitative estimate of drug-likeness (QED) is 0.826. The van der Waals surface area contributed by atoms with Gasteiger partial charge in [-0.25, -0.2) is 4.79 Å². The number of ether oxygens (including phenoxy) is 1. The standard InChI is InChI=1S/C20H20O3S/c1-2-23-20(22)18-16(12-15-10-6-7-11-17(15)21)13-24-19(18)14-8-4-3-5-9-14/h3-11,16,21H,2,12-13H2,1H3. The summed E-state index contributed by atoms with van der Waals surface area (Å²) < 4.78 is 5.30. The lowest BCUT2D eigenvalue weighted by molar-refractivity contribution is -0.138. The molecule has 3 nitrogen and oxygen atoms in total. The molecule has 1 heterocycles. The number of carbonyl (C=O) groups excluding carboxylic acids is 1. The molecule has 0 amide bonds. The third kappa shape index (κ3) is 3.49. The second kappa shape index (κ2) is 7.58. The van der Waals surface area contributed by atoms with Crippen LogP contribution in [0.3, 0.4) is 0 Å². The highest BCUT2D eigenvalue weighted by atomic mass is 32.2. The molecule has 0 radical (unpaired) electrons. The molecule has 124 valence electrons. The van der Waals surface area contributed by atoms with Crippen molar-refractivity contribution in [2.45, 2.75) is 13.3 Å². The summed E-state index contributed by atoms with van der Waals surface area (Å²) in [5, 5.41) is 10.0. The largest absolute Gasteiger partial charge is 0.508 e. The van der Waals surface area contributed by atoms with Gasteiger partial charge >= 0.3 is 5.97 Å². The molecule has 24 heavy (non-hydrogen) atoms. The van der Waals surface area contributed by atoms with E-state index in [4.69, 9.17) is 4.74 Å². The van der Waals surface area contributed by atoms with E-state index in [1.807, 2.05) is 49.4 Å². The Bertz CT molecular complexity index is 752. The number of benzene rings is 2. The Balaban J connectivity index is 1.96. The maximum atomic E-state index is 12.6. The van der Waals surface area contributed by atoms with Crippen LogP contribution in [0.4, 0.5) is 0 Å². The molecule has 1 aliphatic heterocycles. The van der Waals surface area contributed by atoms with E-state index in [1.54, 1.807) is 23.9 Å². The summed E-state index contributed by atoms with van der Waals surface area (Å²) >= 11 is 1.69. The van der Waals surface area contributed by atoms with Crippen LogP contribution in [0.1, 0.15) is 18.1 Å². The molecule has 0 bridgehead atoms. The van der Waals surface area contributed by atoms with E-state index in [9.17, 15) is 9.90 Å². The van der Waals surface area contributed by atoms with Gasteiger partial charge in [-0.1, -0.05) is 48.5 Å². The first-order chi connectivity index (χ1) is 11.7. The molecule has 0 aromatic heterocycles. The first kappa shape index (κ1) is 16.7. The van der Waals surface area contributed by atoms with Crippen molar-refractivity contribution in [2.24, 2.45) is 5.92 Å². The van der Waals surface area contributed by atoms with Gasteiger partial charge in [-0.3, -0.25) is 0 Å². The van der Waals surface area contributed by atoms with Crippen molar-refractivity contribution in [1.82, 2.24) is 0 Å². The number of phenols is 1. The minimum absolute atomic E-state index is 0.0394. The van der Waals surface area contributed by atoms with Crippen LogP contribution >= 0.6 is 11.8 Å². The predicted molar refractivity (Wildman–Crippen MR) is 97.8 cm³/mol. The predicted octanol–water partition coefficient (Wildman–Crippen LogP) is 4.27. The zero-order valence-corrected chi connectivity index (χ0v) is 14.4. The summed E-state index contributed by atoms with van der Waals surface area (Å²) in [5.41, 5.74) is 2.64. The third-order valence-corrected chi connectivity index (χ3v) is 5.38. The molecule has 0 fully saturated rings. The fourth-order valence-corrected chi connectivity index (χ4v) is 4.30. The smallest absolute Gasteiger partial charge is 0.335 e. The van der Waals surface area contributed by atoms with Crippen molar-refractivity contribution in [2.75, 3.05) is 12.4 Å². The Hall–Kier alpha value is -2.20. The molecule has 1 aliphatic rings. The summed E-state index contributed by atoms with van der Waals surface area (Å²) in [4.78, 5) is 13.6. The van der Waals surface area contributed by atoms with Gasteiger partial charge in [-0.15, -0.1) is 11.8 Å². The minimum atomic E-state index is -0.248. The normalized spacial score (nSPS) is 17.1. The Morgan fingerprint density at radius 2 is 1.88 bits per heavy atom. The Morgan fingerprint density at radius 3 is 2.58 bits per heavy atom. The molecule has 0 saturated carbocycles. The molecule has 3 rings (SSSR count). The maximum Gasteiger partial charge on any atom is 0.335 e. The van der Waals surface area contributed by atoms with E-state index in [0.717, 1.165) is 27.4 Å². The van der Waals surface area contributed by atoms with E-state index in [-0.39, 0.29) is 17.6 Å². The van der Waals surface area contributed by atoms with Crippen LogP contribution in [0, 0.1) is 5.92 Å². The highest BCUT2D eigenvalue weighted by Gasteiger charge is 2.33. The average molecular weight is 340 g/mol. The summed E-state index contributed by atoms with van der Waals surface area (Å²) in [7, 11) is 0. The van der Waals surface area contributed by atoms with Gasteiger partial charge in [0.1, 0.15) is 5.75 Å². The van der Waals surface area contributed by atoms with Crippen molar-refractivity contribution in [3.63, 3.8) is 0 Å². The number of hydrogen-bond acceptors (Lipinski definition) is 4. The highest BCUT2D eigenvalue weighted by Crippen LogP contribution is 2.44. The molecule has 0 spiro atoms. The number of rotatable bonds is 5. The van der Waals surface area contributed by atoms with Gasteiger partial charge < -0.3 is 9.84 Å². The van der Waals surface area contributed by atoms with Crippen LogP contribution in [0.2, 0.25) is 0 Å². The zero-order chi connectivity index (χ0) is 16.9. The minimum Gasteiger partial charge on any atom is -0.508 e. The summed E-state index contributed by atoms with van der Waals surface area (Å²) in [6, 6.07) is 17.3. The fourth-order valence-electron chi connectivity index (χ4n) is 2.94. The van der Waals surface area contributed by atoms with Crippen LogP contribution in [0.25, 0.3) is 4.91 Å². The van der Waals surface area contributed by atoms with Gasteiger partial charge in [0, 0.05) is 16.6 Å². The molecule has 2 aromatic carbocycles. The van der Waals surface area contributed by atoms with E-state index in [2.05, 4.69) is 0 Å². The summed E-state index contributed by atoms with van der Waals surface area (Å²) in [6.07, 6.45) is 0.629. The van der Waals surface area contributed by atoms with Gasteiger partial charge in [0.25, 0.3) is 0 Å². The number of carbonyl (C=O) groups is 1. The number of aromatic hydroxyl groups is 1. The van der Waals surface area contributed by atoms with Crippen LogP contribution in [0.5, 0.6) is 5.75 Å². The summed E-state index contributed by atoms with van der Waals surface area (Å²) in [6.45, 7) is 2.18. The molecule has 1 unspecified atom stereocenters. The van der Waals surface area contributed by atoms with Gasteiger partial charge in [0.2, 0.25) is 0 Å². The molecular formula is C20H20O3S. The van der Waals surface area contributed by atoms with Crippen molar-refractivity contribution in [3.05, 3.63) is 71.3 Å². The molecule has 1 atom stereocenters. The van der Waals surface area contributed by atoms with Crippen LogP contribution in [-0.2, 0) is 16.0 Å². The number of thioether (sulfide) groups is 1. The zero-order valence-electron chi connectivity index (χ0n) is 13.6. The first-order valence-electron chi connectivity index (χ1n) is 8.07. The monoisotopic (exact) mass is 340 g/mol. The highest BCUT2D eigenvalue weighted by molar-refractivity contribution is 8.08. The van der Waals surface area contributed by atoms with Crippen LogP contribution in [-0.4, -0.2) is 23.4 Å².